The first kappa shape index (κ1) is 22.8. The maximum atomic E-state index is 12.7. The zero-order chi connectivity index (χ0) is 21.6. The highest BCUT2D eigenvalue weighted by Crippen LogP contribution is 2.25. The van der Waals surface area contributed by atoms with Gasteiger partial charge in [-0.25, -0.2) is 4.79 Å². The molecule has 0 radical (unpaired) electrons. The van der Waals surface area contributed by atoms with Crippen LogP contribution in [0.25, 0.3) is 0 Å². The van der Waals surface area contributed by atoms with Crippen molar-refractivity contribution < 1.29 is 23.8 Å². The van der Waals surface area contributed by atoms with Crippen LogP contribution in [0, 0.1) is 5.92 Å². The average molecular weight is 440 g/mol. The Kier molecular flexibility index (Phi) is 8.17. The van der Waals surface area contributed by atoms with Crippen molar-refractivity contribution in [3.63, 3.8) is 0 Å². The van der Waals surface area contributed by atoms with Crippen molar-refractivity contribution in [2.45, 2.75) is 26.5 Å². The lowest BCUT2D eigenvalue weighted by molar-refractivity contribution is -0.148. The van der Waals surface area contributed by atoms with Crippen molar-refractivity contribution in [2.75, 3.05) is 14.2 Å². The molecule has 29 heavy (non-hydrogen) atoms. The lowest BCUT2D eigenvalue weighted by Gasteiger charge is -2.21. The molecule has 0 heterocycles. The molecule has 0 fully saturated rings. The van der Waals surface area contributed by atoms with E-state index < -0.39 is 17.9 Å². The predicted octanol–water partition coefficient (Wildman–Crippen LogP) is 4.51. The van der Waals surface area contributed by atoms with Crippen LogP contribution in [-0.4, -0.2) is 32.1 Å². The molecule has 2 aromatic carbocycles. The van der Waals surface area contributed by atoms with Gasteiger partial charge in [0.25, 0.3) is 5.91 Å². The fraction of sp³-hybridized carbons (Fsp3) is 0.333. The minimum Gasteiger partial charge on any atom is -0.497 e. The van der Waals surface area contributed by atoms with Gasteiger partial charge in [-0.2, -0.15) is 0 Å². The SMILES string of the molecule is COc1cc(OC)cc(C(=O)N[C@H](C(=O)OCc2c(Cl)cccc2Cl)C(C)C)c1. The number of carbonyl (C=O) groups excluding carboxylic acids is 2. The van der Waals surface area contributed by atoms with E-state index in [9.17, 15) is 9.59 Å². The summed E-state index contributed by atoms with van der Waals surface area (Å²) in [5.41, 5.74) is 0.810. The molecule has 0 bridgehead atoms. The molecule has 0 aliphatic carbocycles. The summed E-state index contributed by atoms with van der Waals surface area (Å²) in [6.45, 7) is 3.52. The maximum Gasteiger partial charge on any atom is 0.329 e. The number of methoxy groups -OCH3 is 2. The minimum atomic E-state index is -0.860. The van der Waals surface area contributed by atoms with Crippen LogP contribution in [0.1, 0.15) is 29.8 Å². The van der Waals surface area contributed by atoms with Crippen LogP contribution in [0.5, 0.6) is 11.5 Å². The van der Waals surface area contributed by atoms with Gasteiger partial charge in [-0.05, 0) is 30.2 Å². The molecule has 0 saturated carbocycles. The molecule has 156 valence electrons. The summed E-state index contributed by atoms with van der Waals surface area (Å²) < 4.78 is 15.7. The number of esters is 1. The Bertz CT molecular complexity index is 843. The summed E-state index contributed by atoms with van der Waals surface area (Å²) >= 11 is 12.2. The number of benzene rings is 2. The Labute approximate surface area is 180 Å². The Morgan fingerprint density at radius 3 is 2.03 bits per heavy atom. The van der Waals surface area contributed by atoms with E-state index in [4.69, 9.17) is 37.4 Å². The van der Waals surface area contributed by atoms with E-state index in [1.165, 1.54) is 14.2 Å². The van der Waals surface area contributed by atoms with Gasteiger partial charge >= 0.3 is 5.97 Å². The van der Waals surface area contributed by atoms with E-state index in [0.717, 1.165) is 0 Å². The van der Waals surface area contributed by atoms with Gasteiger partial charge in [-0.1, -0.05) is 43.1 Å². The zero-order valence-electron chi connectivity index (χ0n) is 16.6. The molecule has 0 spiro atoms. The Morgan fingerprint density at radius 2 is 1.55 bits per heavy atom. The number of hydrogen-bond donors (Lipinski definition) is 1. The molecule has 0 aliphatic rings. The molecule has 2 rings (SSSR count). The molecule has 8 heteroatoms. The van der Waals surface area contributed by atoms with Gasteiger partial charge in [-0.3, -0.25) is 4.79 Å². The largest absolute Gasteiger partial charge is 0.497 e. The Hall–Kier alpha value is -2.44. The third kappa shape index (κ3) is 6.02. The Balaban J connectivity index is 2.13. The Morgan fingerprint density at radius 1 is 1.00 bits per heavy atom. The number of amides is 1. The summed E-state index contributed by atoms with van der Waals surface area (Å²) in [4.78, 5) is 25.3. The van der Waals surface area contributed by atoms with E-state index in [1.807, 2.05) is 0 Å². The van der Waals surface area contributed by atoms with Gasteiger partial charge in [0.1, 0.15) is 24.1 Å². The van der Waals surface area contributed by atoms with Gasteiger partial charge in [0.05, 0.1) is 14.2 Å². The van der Waals surface area contributed by atoms with Gasteiger partial charge in [0.2, 0.25) is 0 Å². The van der Waals surface area contributed by atoms with Crippen molar-refractivity contribution in [1.29, 1.82) is 0 Å². The highest BCUT2D eigenvalue weighted by Gasteiger charge is 2.27. The third-order valence-electron chi connectivity index (χ3n) is 4.24. The van der Waals surface area contributed by atoms with E-state index in [1.54, 1.807) is 50.2 Å². The second kappa shape index (κ2) is 10.4. The molecular weight excluding hydrogens is 417 g/mol. The molecule has 6 nitrogen and oxygen atoms in total. The second-order valence-electron chi connectivity index (χ2n) is 6.60. The van der Waals surface area contributed by atoms with Crippen molar-refractivity contribution in [2.24, 2.45) is 5.92 Å². The number of halogens is 2. The van der Waals surface area contributed by atoms with Crippen LogP contribution in [-0.2, 0) is 16.1 Å². The van der Waals surface area contributed by atoms with Crippen molar-refractivity contribution >= 4 is 35.1 Å². The molecule has 0 saturated heterocycles. The number of nitrogens with one attached hydrogen (secondary N) is 1. The molecule has 0 aliphatic heterocycles. The van der Waals surface area contributed by atoms with Crippen molar-refractivity contribution in [1.82, 2.24) is 5.32 Å². The number of hydrogen-bond acceptors (Lipinski definition) is 5. The van der Waals surface area contributed by atoms with Gasteiger partial charge in [0, 0.05) is 27.2 Å². The number of rotatable bonds is 8. The standard InChI is InChI=1S/C21H23Cl2NO5/c1-12(2)19(21(26)29-11-16-17(22)6-5-7-18(16)23)24-20(25)13-8-14(27-3)10-15(9-13)28-4/h5-10,12,19H,11H2,1-4H3,(H,24,25)/t19-/m0/s1. The minimum absolute atomic E-state index is 0.0938. The number of ether oxygens (including phenoxy) is 3. The first-order chi connectivity index (χ1) is 13.8. The summed E-state index contributed by atoms with van der Waals surface area (Å²) in [5, 5.41) is 3.51. The van der Waals surface area contributed by atoms with E-state index >= 15 is 0 Å². The molecule has 1 amide bonds. The lowest BCUT2D eigenvalue weighted by Crippen LogP contribution is -2.45. The van der Waals surface area contributed by atoms with Crippen molar-refractivity contribution in [3.8, 4) is 11.5 Å². The predicted molar refractivity (Wildman–Crippen MR) is 112 cm³/mol. The van der Waals surface area contributed by atoms with Gasteiger partial charge in [0.15, 0.2) is 0 Å². The van der Waals surface area contributed by atoms with Gasteiger partial charge < -0.3 is 19.5 Å². The van der Waals surface area contributed by atoms with E-state index in [-0.39, 0.29) is 12.5 Å². The molecule has 0 aromatic heterocycles. The van der Waals surface area contributed by atoms with Crippen LogP contribution < -0.4 is 14.8 Å². The van der Waals surface area contributed by atoms with Crippen LogP contribution in [0.3, 0.4) is 0 Å². The van der Waals surface area contributed by atoms with Gasteiger partial charge in [-0.15, -0.1) is 0 Å². The summed E-state index contributed by atoms with van der Waals surface area (Å²) in [6.07, 6.45) is 0. The summed E-state index contributed by atoms with van der Waals surface area (Å²) in [6, 6.07) is 8.94. The molecule has 2 aromatic rings. The first-order valence-electron chi connectivity index (χ1n) is 8.90. The maximum absolute atomic E-state index is 12.7. The zero-order valence-corrected chi connectivity index (χ0v) is 18.1. The molecule has 0 unspecified atom stereocenters. The summed E-state index contributed by atoms with van der Waals surface area (Å²) in [5.74, 6) is -0.313. The number of carbonyl (C=O) groups is 2. The molecule has 1 N–H and O–H groups in total. The lowest BCUT2D eigenvalue weighted by atomic mass is 10.0. The fourth-order valence-electron chi connectivity index (χ4n) is 2.56. The van der Waals surface area contributed by atoms with Crippen LogP contribution >= 0.6 is 23.2 Å². The summed E-state index contributed by atoms with van der Waals surface area (Å²) in [7, 11) is 2.98. The van der Waals surface area contributed by atoms with E-state index in [2.05, 4.69) is 5.32 Å². The van der Waals surface area contributed by atoms with E-state index in [0.29, 0.717) is 32.7 Å². The van der Waals surface area contributed by atoms with Crippen LogP contribution in [0.2, 0.25) is 10.0 Å². The topological polar surface area (TPSA) is 73.9 Å². The first-order valence-corrected chi connectivity index (χ1v) is 9.65. The highest BCUT2D eigenvalue weighted by molar-refractivity contribution is 6.35. The quantitative estimate of drug-likeness (QED) is 0.612. The molecular formula is C21H23Cl2NO5. The van der Waals surface area contributed by atoms with Crippen molar-refractivity contribution in [3.05, 3.63) is 57.6 Å². The third-order valence-corrected chi connectivity index (χ3v) is 4.95. The molecule has 1 atom stereocenters. The second-order valence-corrected chi connectivity index (χ2v) is 7.42. The van der Waals surface area contributed by atoms with Crippen LogP contribution in [0.15, 0.2) is 36.4 Å². The average Bonchev–Trinajstić information content (AvgIpc) is 2.70. The normalized spacial score (nSPS) is 11.7. The fourth-order valence-corrected chi connectivity index (χ4v) is 3.07. The monoisotopic (exact) mass is 439 g/mol. The smallest absolute Gasteiger partial charge is 0.329 e. The highest BCUT2D eigenvalue weighted by atomic mass is 35.5. The van der Waals surface area contributed by atoms with Crippen LogP contribution in [0.4, 0.5) is 0 Å².